The molecule has 1 amide bonds. The van der Waals surface area contributed by atoms with E-state index in [9.17, 15) is 14.7 Å². The third-order valence-electron chi connectivity index (χ3n) is 3.79. The van der Waals surface area contributed by atoms with Crippen LogP contribution in [0.4, 0.5) is 5.69 Å². The summed E-state index contributed by atoms with van der Waals surface area (Å²) in [6.07, 6.45) is 2.65. The second-order valence-electron chi connectivity index (χ2n) is 5.56. The first kappa shape index (κ1) is 17.6. The first-order chi connectivity index (χ1) is 12.5. The zero-order valence-corrected chi connectivity index (χ0v) is 14.3. The van der Waals surface area contributed by atoms with Crippen molar-refractivity contribution in [2.45, 2.75) is 12.3 Å². The van der Waals surface area contributed by atoms with Gasteiger partial charge in [-0.1, -0.05) is 41.9 Å². The largest absolute Gasteiger partial charge is 0.481 e. The summed E-state index contributed by atoms with van der Waals surface area (Å²) in [4.78, 5) is 27.9. The van der Waals surface area contributed by atoms with Crippen molar-refractivity contribution in [2.75, 3.05) is 5.32 Å². The van der Waals surface area contributed by atoms with Gasteiger partial charge in [0, 0.05) is 11.4 Å². The van der Waals surface area contributed by atoms with Crippen LogP contribution >= 0.6 is 11.6 Å². The van der Waals surface area contributed by atoms with E-state index in [4.69, 9.17) is 11.6 Å². The molecule has 3 rings (SSSR count). The van der Waals surface area contributed by atoms with Gasteiger partial charge in [0.15, 0.2) is 0 Å². The average molecular weight is 371 g/mol. The molecule has 26 heavy (non-hydrogen) atoms. The lowest BCUT2D eigenvalue weighted by molar-refractivity contribution is -0.140. The van der Waals surface area contributed by atoms with Crippen LogP contribution in [0, 0.1) is 0 Å². The van der Waals surface area contributed by atoms with Gasteiger partial charge in [-0.2, -0.15) is 5.10 Å². The maximum Gasteiger partial charge on any atom is 0.311 e. The molecule has 8 heteroatoms. The fraction of sp³-hybridized carbons (Fsp3) is 0.111. The molecular weight excluding hydrogens is 356 g/mol. The number of carbonyl (C=O) groups excluding carboxylic acids is 1. The number of benzene rings is 2. The van der Waals surface area contributed by atoms with Gasteiger partial charge >= 0.3 is 5.97 Å². The Labute approximate surface area is 154 Å². The van der Waals surface area contributed by atoms with E-state index in [1.54, 1.807) is 48.5 Å². The molecule has 1 heterocycles. The van der Waals surface area contributed by atoms with E-state index in [-0.39, 0.29) is 6.42 Å². The van der Waals surface area contributed by atoms with E-state index >= 15 is 0 Å². The highest BCUT2D eigenvalue weighted by atomic mass is 35.5. The number of nitrogens with zero attached hydrogens (tertiary/aromatic N) is 3. The maximum absolute atomic E-state index is 12.5. The Morgan fingerprint density at radius 3 is 2.62 bits per heavy atom. The van der Waals surface area contributed by atoms with E-state index < -0.39 is 17.8 Å². The van der Waals surface area contributed by atoms with E-state index in [2.05, 4.69) is 15.4 Å². The molecule has 132 valence electrons. The molecule has 3 aromatic rings. The molecule has 1 atom stereocenters. The second kappa shape index (κ2) is 7.79. The van der Waals surface area contributed by atoms with Gasteiger partial charge in [0.05, 0.1) is 17.3 Å². The van der Waals surface area contributed by atoms with Gasteiger partial charge in [0.25, 0.3) is 0 Å². The first-order valence-corrected chi connectivity index (χ1v) is 8.14. The van der Waals surface area contributed by atoms with E-state index in [0.717, 1.165) is 0 Å². The predicted molar refractivity (Wildman–Crippen MR) is 96.4 cm³/mol. The highest BCUT2D eigenvalue weighted by molar-refractivity contribution is 6.31. The van der Waals surface area contributed by atoms with Crippen molar-refractivity contribution < 1.29 is 14.7 Å². The summed E-state index contributed by atoms with van der Waals surface area (Å²) in [6.45, 7) is 0. The Morgan fingerprint density at radius 2 is 1.96 bits per heavy atom. The van der Waals surface area contributed by atoms with Crippen LogP contribution in [0.1, 0.15) is 17.9 Å². The van der Waals surface area contributed by atoms with Crippen molar-refractivity contribution in [3.8, 4) is 5.69 Å². The second-order valence-corrected chi connectivity index (χ2v) is 5.99. The summed E-state index contributed by atoms with van der Waals surface area (Å²) in [5.41, 5.74) is 1.56. The number of carboxylic acids is 1. The number of anilines is 1. The molecule has 2 aromatic carbocycles. The molecule has 2 N–H and O–H groups in total. The van der Waals surface area contributed by atoms with Crippen molar-refractivity contribution in [1.29, 1.82) is 0 Å². The standard InChI is InChI=1S/C18H15ClN4O3/c19-13-6-7-16(23-11-20-10-21-23)15(8-13)22-17(24)9-14(18(25)26)12-4-2-1-3-5-12/h1-8,10-11,14H,9H2,(H,22,24)(H,25,26)/t14-/m1/s1. The van der Waals surface area contributed by atoms with Crippen molar-refractivity contribution in [2.24, 2.45) is 0 Å². The molecule has 0 fully saturated rings. The Balaban J connectivity index is 1.82. The molecule has 0 saturated carbocycles. The first-order valence-electron chi connectivity index (χ1n) is 7.77. The van der Waals surface area contributed by atoms with Crippen molar-refractivity contribution in [3.63, 3.8) is 0 Å². The SMILES string of the molecule is O=C(C[C@@H](C(=O)O)c1ccccc1)Nc1cc(Cl)ccc1-n1cncn1. The van der Waals surface area contributed by atoms with Gasteiger partial charge in [-0.3, -0.25) is 9.59 Å². The minimum absolute atomic E-state index is 0.206. The molecule has 7 nitrogen and oxygen atoms in total. The van der Waals surface area contributed by atoms with E-state index in [1.165, 1.54) is 17.3 Å². The molecule has 0 aliphatic heterocycles. The van der Waals surface area contributed by atoms with E-state index in [0.29, 0.717) is 22.0 Å². The van der Waals surface area contributed by atoms with Crippen LogP contribution in [0.5, 0.6) is 0 Å². The number of hydrogen-bond donors (Lipinski definition) is 2. The number of aliphatic carboxylic acids is 1. The molecule has 0 radical (unpaired) electrons. The van der Waals surface area contributed by atoms with Crippen molar-refractivity contribution >= 4 is 29.2 Å². The highest BCUT2D eigenvalue weighted by Gasteiger charge is 2.23. The fourth-order valence-electron chi connectivity index (χ4n) is 2.56. The number of nitrogens with one attached hydrogen (secondary N) is 1. The highest BCUT2D eigenvalue weighted by Crippen LogP contribution is 2.26. The van der Waals surface area contributed by atoms with Gasteiger partial charge in [-0.25, -0.2) is 9.67 Å². The van der Waals surface area contributed by atoms with Crippen molar-refractivity contribution in [3.05, 3.63) is 71.8 Å². The van der Waals surface area contributed by atoms with Gasteiger partial charge < -0.3 is 10.4 Å². The third-order valence-corrected chi connectivity index (χ3v) is 4.02. The number of carbonyl (C=O) groups is 2. The fourth-order valence-corrected chi connectivity index (χ4v) is 2.73. The maximum atomic E-state index is 12.5. The molecule has 0 bridgehead atoms. The van der Waals surface area contributed by atoms with Gasteiger partial charge in [0.1, 0.15) is 12.7 Å². The topological polar surface area (TPSA) is 97.1 Å². The van der Waals surface area contributed by atoms with Crippen molar-refractivity contribution in [1.82, 2.24) is 14.8 Å². The van der Waals surface area contributed by atoms with Crippen LogP contribution in [-0.2, 0) is 9.59 Å². The number of carboxylic acid groups (broad SMARTS) is 1. The normalized spacial score (nSPS) is 11.7. The summed E-state index contributed by atoms with van der Waals surface area (Å²) in [5, 5.41) is 16.7. The average Bonchev–Trinajstić information content (AvgIpc) is 3.15. The van der Waals surface area contributed by atoms with E-state index in [1.807, 2.05) is 0 Å². The van der Waals surface area contributed by atoms with Crippen LogP contribution in [0.15, 0.2) is 61.2 Å². The third kappa shape index (κ3) is 4.07. The van der Waals surface area contributed by atoms with Crippen LogP contribution in [0.2, 0.25) is 5.02 Å². The number of halogens is 1. The lowest BCUT2D eigenvalue weighted by Gasteiger charge is -2.15. The molecule has 0 spiro atoms. The Hall–Kier alpha value is -3.19. The van der Waals surface area contributed by atoms with Gasteiger partial charge in [-0.15, -0.1) is 0 Å². The monoisotopic (exact) mass is 370 g/mol. The number of aromatic nitrogens is 3. The summed E-state index contributed by atoms with van der Waals surface area (Å²) < 4.78 is 1.48. The smallest absolute Gasteiger partial charge is 0.311 e. The quantitative estimate of drug-likeness (QED) is 0.694. The minimum Gasteiger partial charge on any atom is -0.481 e. The zero-order chi connectivity index (χ0) is 18.5. The lowest BCUT2D eigenvalue weighted by Crippen LogP contribution is -2.21. The molecule has 0 saturated heterocycles. The summed E-state index contributed by atoms with van der Waals surface area (Å²) in [5.74, 6) is -2.44. The Morgan fingerprint density at radius 1 is 1.19 bits per heavy atom. The molecule has 0 unspecified atom stereocenters. The molecule has 0 aliphatic carbocycles. The Bertz CT molecular complexity index is 913. The molecular formula is C18H15ClN4O3. The van der Waals surface area contributed by atoms with Crippen LogP contribution in [-0.4, -0.2) is 31.7 Å². The summed E-state index contributed by atoms with van der Waals surface area (Å²) in [6, 6.07) is 13.6. The van der Waals surface area contributed by atoms with Crippen LogP contribution in [0.3, 0.4) is 0 Å². The lowest BCUT2D eigenvalue weighted by atomic mass is 9.95. The predicted octanol–water partition coefficient (Wildman–Crippen LogP) is 3.12. The van der Waals surface area contributed by atoms with Crippen LogP contribution < -0.4 is 5.32 Å². The summed E-state index contributed by atoms with van der Waals surface area (Å²) >= 11 is 6.02. The number of rotatable bonds is 6. The summed E-state index contributed by atoms with van der Waals surface area (Å²) in [7, 11) is 0. The van der Waals surface area contributed by atoms with Gasteiger partial charge in [0.2, 0.25) is 5.91 Å². The van der Waals surface area contributed by atoms with Gasteiger partial charge in [-0.05, 0) is 23.8 Å². The molecule has 1 aromatic heterocycles. The Kier molecular flexibility index (Phi) is 5.28. The number of amides is 1. The minimum atomic E-state index is -1.06. The number of hydrogen-bond acceptors (Lipinski definition) is 4. The van der Waals surface area contributed by atoms with Crippen LogP contribution in [0.25, 0.3) is 5.69 Å². The molecule has 0 aliphatic rings. The zero-order valence-electron chi connectivity index (χ0n) is 13.5.